The molecule has 0 amide bonds. The summed E-state index contributed by atoms with van der Waals surface area (Å²) in [6, 6.07) is 0. The topological polar surface area (TPSA) is 121 Å². The summed E-state index contributed by atoms with van der Waals surface area (Å²) in [5.74, 6) is 0. The molecule has 0 saturated carbocycles. The van der Waals surface area contributed by atoms with E-state index in [2.05, 4.69) is 0 Å². The van der Waals surface area contributed by atoms with Gasteiger partial charge in [-0.15, -0.1) is 0 Å². The van der Waals surface area contributed by atoms with Gasteiger partial charge in [-0.2, -0.15) is 8.42 Å². The van der Waals surface area contributed by atoms with Gasteiger partial charge < -0.3 is 10.8 Å². The van der Waals surface area contributed by atoms with Crippen molar-refractivity contribution in [3.05, 3.63) is 0 Å². The van der Waals surface area contributed by atoms with Gasteiger partial charge in [0.25, 0.3) is 0 Å². The van der Waals surface area contributed by atoms with Gasteiger partial charge in [-0.05, 0) is 13.8 Å². The van der Waals surface area contributed by atoms with Crippen LogP contribution >= 0.6 is 0 Å². The van der Waals surface area contributed by atoms with Crippen molar-refractivity contribution in [2.45, 2.75) is 19.4 Å². The summed E-state index contributed by atoms with van der Waals surface area (Å²) in [6.07, 6.45) is 0. The second kappa shape index (κ2) is 4.62. The quantitative estimate of drug-likeness (QED) is 0.393. The monoisotopic (exact) mass is 187 g/mol. The van der Waals surface area contributed by atoms with E-state index in [0.717, 1.165) is 0 Å². The van der Waals surface area contributed by atoms with E-state index in [1.807, 2.05) is 0 Å². The Balaban J connectivity index is 0. The van der Waals surface area contributed by atoms with E-state index in [4.69, 9.17) is 28.4 Å². The second-order valence-electron chi connectivity index (χ2n) is 2.46. The van der Waals surface area contributed by atoms with Gasteiger partial charge in [0.2, 0.25) is 0 Å². The van der Waals surface area contributed by atoms with Crippen LogP contribution in [0.4, 0.5) is 0 Å². The fourth-order valence-electron chi connectivity index (χ4n) is 0. The molecule has 0 bridgehead atoms. The Morgan fingerprint density at radius 3 is 1.45 bits per heavy atom. The van der Waals surface area contributed by atoms with Crippen LogP contribution < -0.4 is 5.73 Å². The molecule has 0 aliphatic heterocycles. The normalized spacial score (nSPS) is 11.8. The van der Waals surface area contributed by atoms with Crippen molar-refractivity contribution >= 4 is 10.4 Å². The third-order valence-corrected chi connectivity index (χ3v) is 0.500. The number of rotatable bonds is 1. The SMILES string of the molecule is CC(C)(O)CN.O=S(=O)(O)O. The van der Waals surface area contributed by atoms with Crippen molar-refractivity contribution < 1.29 is 22.6 Å². The molecule has 0 heterocycles. The van der Waals surface area contributed by atoms with Crippen molar-refractivity contribution in [1.82, 2.24) is 0 Å². The zero-order chi connectivity index (χ0) is 9.71. The molecule has 0 aliphatic carbocycles. The average Bonchev–Trinajstić information content (AvgIpc) is 1.59. The molecule has 0 aliphatic rings. The largest absolute Gasteiger partial charge is 0.394 e. The van der Waals surface area contributed by atoms with Crippen LogP contribution in [0.15, 0.2) is 0 Å². The lowest BCUT2D eigenvalue weighted by Crippen LogP contribution is -2.29. The van der Waals surface area contributed by atoms with Gasteiger partial charge in [0.05, 0.1) is 5.60 Å². The minimum absolute atomic E-state index is 0.326. The third-order valence-electron chi connectivity index (χ3n) is 0.500. The fourth-order valence-corrected chi connectivity index (χ4v) is 0. The molecule has 7 heteroatoms. The van der Waals surface area contributed by atoms with E-state index in [9.17, 15) is 0 Å². The summed E-state index contributed by atoms with van der Waals surface area (Å²) < 4.78 is 31.6. The van der Waals surface area contributed by atoms with Gasteiger partial charge >= 0.3 is 10.4 Å². The second-order valence-corrected chi connectivity index (χ2v) is 3.36. The highest BCUT2D eigenvalue weighted by Gasteiger charge is 2.06. The average molecular weight is 187 g/mol. The van der Waals surface area contributed by atoms with E-state index in [0.29, 0.717) is 6.54 Å². The van der Waals surface area contributed by atoms with Crippen LogP contribution in [0, 0.1) is 0 Å². The molecule has 0 unspecified atom stereocenters. The first-order valence-electron chi connectivity index (χ1n) is 2.68. The summed E-state index contributed by atoms with van der Waals surface area (Å²) in [5.41, 5.74) is 4.38. The molecule has 0 saturated heterocycles. The van der Waals surface area contributed by atoms with E-state index in [1.54, 1.807) is 13.8 Å². The predicted molar refractivity (Wildman–Crippen MR) is 39.5 cm³/mol. The molecule has 0 aromatic carbocycles. The van der Waals surface area contributed by atoms with E-state index >= 15 is 0 Å². The van der Waals surface area contributed by atoms with Crippen LogP contribution in [0.25, 0.3) is 0 Å². The molecule has 0 radical (unpaired) electrons. The van der Waals surface area contributed by atoms with Crippen LogP contribution in [-0.2, 0) is 10.4 Å². The predicted octanol–water partition coefficient (Wildman–Crippen LogP) is -0.937. The van der Waals surface area contributed by atoms with Crippen molar-refractivity contribution in [2.75, 3.05) is 6.54 Å². The summed E-state index contributed by atoms with van der Waals surface area (Å²) in [7, 11) is -4.67. The Morgan fingerprint density at radius 2 is 1.45 bits per heavy atom. The van der Waals surface area contributed by atoms with Crippen LogP contribution in [0.5, 0.6) is 0 Å². The summed E-state index contributed by atoms with van der Waals surface area (Å²) in [6.45, 7) is 3.67. The Bertz CT molecular complexity index is 171. The Kier molecular flexibility index (Phi) is 5.63. The van der Waals surface area contributed by atoms with E-state index in [-0.39, 0.29) is 0 Å². The van der Waals surface area contributed by atoms with Crippen LogP contribution in [-0.4, -0.2) is 34.8 Å². The first-order chi connectivity index (χ1) is 4.56. The maximum absolute atomic E-state index is 8.74. The zero-order valence-electron chi connectivity index (χ0n) is 6.35. The molecule has 0 atom stereocenters. The van der Waals surface area contributed by atoms with Gasteiger partial charge in [0, 0.05) is 6.54 Å². The highest BCUT2D eigenvalue weighted by Crippen LogP contribution is 1.93. The van der Waals surface area contributed by atoms with Gasteiger partial charge in [-0.25, -0.2) is 0 Å². The highest BCUT2D eigenvalue weighted by atomic mass is 32.3. The lowest BCUT2D eigenvalue weighted by Gasteiger charge is -2.11. The molecular formula is C4H13NO5S. The van der Waals surface area contributed by atoms with Crippen molar-refractivity contribution in [1.29, 1.82) is 0 Å². The molecular weight excluding hydrogens is 174 g/mol. The molecule has 70 valence electrons. The molecule has 5 N–H and O–H groups in total. The standard InChI is InChI=1S/C4H11NO.H2O4S/c1-4(2,6)3-5;1-5(2,3)4/h6H,3,5H2,1-2H3;(H2,1,2,3,4). The Hall–Kier alpha value is -0.210. The Morgan fingerprint density at radius 1 is 1.36 bits per heavy atom. The number of aliphatic hydroxyl groups is 1. The lowest BCUT2D eigenvalue weighted by molar-refractivity contribution is 0.0898. The first-order valence-corrected chi connectivity index (χ1v) is 4.08. The Labute approximate surface area is 65.6 Å². The van der Waals surface area contributed by atoms with E-state index in [1.165, 1.54) is 0 Å². The van der Waals surface area contributed by atoms with Crippen molar-refractivity contribution in [3.63, 3.8) is 0 Å². The minimum atomic E-state index is -4.67. The molecule has 0 aromatic rings. The number of hydrogen-bond acceptors (Lipinski definition) is 4. The van der Waals surface area contributed by atoms with Gasteiger partial charge in [-0.3, -0.25) is 9.11 Å². The lowest BCUT2D eigenvalue weighted by atomic mass is 10.1. The molecule has 6 nitrogen and oxygen atoms in total. The van der Waals surface area contributed by atoms with Gasteiger partial charge in [-0.1, -0.05) is 0 Å². The van der Waals surface area contributed by atoms with Crippen LogP contribution in [0.2, 0.25) is 0 Å². The van der Waals surface area contributed by atoms with Gasteiger partial charge in [0.1, 0.15) is 0 Å². The summed E-state index contributed by atoms with van der Waals surface area (Å²) in [5, 5.41) is 8.70. The zero-order valence-corrected chi connectivity index (χ0v) is 7.17. The van der Waals surface area contributed by atoms with E-state index < -0.39 is 16.0 Å². The maximum atomic E-state index is 8.74. The molecule has 0 rings (SSSR count). The first kappa shape index (κ1) is 13.4. The molecule has 0 aromatic heterocycles. The van der Waals surface area contributed by atoms with Crippen LogP contribution in [0.3, 0.4) is 0 Å². The molecule has 11 heavy (non-hydrogen) atoms. The highest BCUT2D eigenvalue weighted by molar-refractivity contribution is 7.79. The maximum Gasteiger partial charge on any atom is 0.394 e. The number of hydrogen-bond donors (Lipinski definition) is 4. The third kappa shape index (κ3) is 76.3. The molecule has 0 fully saturated rings. The van der Waals surface area contributed by atoms with Crippen LogP contribution in [0.1, 0.15) is 13.8 Å². The fraction of sp³-hybridized carbons (Fsp3) is 1.00. The number of nitrogens with two attached hydrogens (primary N) is 1. The van der Waals surface area contributed by atoms with Gasteiger partial charge in [0.15, 0.2) is 0 Å². The molecule has 0 spiro atoms. The summed E-state index contributed by atoms with van der Waals surface area (Å²) in [4.78, 5) is 0. The van der Waals surface area contributed by atoms with Crippen molar-refractivity contribution in [2.24, 2.45) is 5.73 Å². The summed E-state index contributed by atoms with van der Waals surface area (Å²) >= 11 is 0. The smallest absolute Gasteiger partial charge is 0.389 e. The van der Waals surface area contributed by atoms with Crippen molar-refractivity contribution in [3.8, 4) is 0 Å². The minimum Gasteiger partial charge on any atom is -0.389 e.